The van der Waals surface area contributed by atoms with Gasteiger partial charge < -0.3 is 11.1 Å². The SMILES string of the molecule is CCC1(CNC(=O)C2C3CCC(C3)C2N)CC1. The van der Waals surface area contributed by atoms with Crippen molar-refractivity contribution < 1.29 is 4.79 Å². The highest BCUT2D eigenvalue weighted by molar-refractivity contribution is 5.80. The number of hydrogen-bond donors (Lipinski definition) is 2. The van der Waals surface area contributed by atoms with Gasteiger partial charge in [0.1, 0.15) is 0 Å². The van der Waals surface area contributed by atoms with E-state index < -0.39 is 0 Å². The molecule has 0 saturated heterocycles. The summed E-state index contributed by atoms with van der Waals surface area (Å²) in [6.45, 7) is 3.10. The molecule has 0 aromatic heterocycles. The highest BCUT2D eigenvalue weighted by Crippen LogP contribution is 2.49. The summed E-state index contributed by atoms with van der Waals surface area (Å²) < 4.78 is 0. The first-order valence-corrected chi connectivity index (χ1v) is 7.18. The number of nitrogens with one attached hydrogen (secondary N) is 1. The molecule has 0 aromatic carbocycles. The lowest BCUT2D eigenvalue weighted by Gasteiger charge is -2.27. The number of nitrogens with two attached hydrogens (primary N) is 1. The summed E-state index contributed by atoms with van der Waals surface area (Å²) in [5.41, 5.74) is 6.63. The Bertz CT molecular complexity index is 322. The first kappa shape index (κ1) is 11.5. The Balaban J connectivity index is 1.56. The zero-order valence-electron chi connectivity index (χ0n) is 10.7. The molecule has 0 radical (unpaired) electrons. The zero-order valence-corrected chi connectivity index (χ0v) is 10.7. The van der Waals surface area contributed by atoms with Crippen LogP contribution in [0.3, 0.4) is 0 Å². The summed E-state index contributed by atoms with van der Waals surface area (Å²) in [6.07, 6.45) is 7.41. The number of fused-ring (bicyclic) bond motifs is 2. The lowest BCUT2D eigenvalue weighted by atomic mass is 9.84. The number of carbonyl (C=O) groups is 1. The van der Waals surface area contributed by atoms with Gasteiger partial charge in [-0.1, -0.05) is 6.92 Å². The number of carbonyl (C=O) groups excluding carboxylic acids is 1. The number of hydrogen-bond acceptors (Lipinski definition) is 2. The van der Waals surface area contributed by atoms with E-state index in [9.17, 15) is 4.79 Å². The van der Waals surface area contributed by atoms with Gasteiger partial charge in [-0.3, -0.25) is 4.79 Å². The Morgan fingerprint density at radius 1 is 1.35 bits per heavy atom. The van der Waals surface area contributed by atoms with E-state index in [1.54, 1.807) is 0 Å². The molecule has 4 atom stereocenters. The first-order chi connectivity index (χ1) is 8.15. The van der Waals surface area contributed by atoms with Crippen molar-refractivity contribution in [2.24, 2.45) is 28.9 Å². The highest BCUT2D eigenvalue weighted by atomic mass is 16.1. The van der Waals surface area contributed by atoms with Crippen LogP contribution in [-0.2, 0) is 4.79 Å². The number of rotatable bonds is 4. The molecule has 3 saturated carbocycles. The maximum atomic E-state index is 12.2. The van der Waals surface area contributed by atoms with Crippen LogP contribution in [0.1, 0.15) is 45.4 Å². The molecule has 0 heterocycles. The molecule has 3 aliphatic carbocycles. The van der Waals surface area contributed by atoms with Gasteiger partial charge in [-0.25, -0.2) is 0 Å². The lowest BCUT2D eigenvalue weighted by molar-refractivity contribution is -0.127. The molecule has 0 aromatic rings. The van der Waals surface area contributed by atoms with Crippen LogP contribution in [0.5, 0.6) is 0 Å². The first-order valence-electron chi connectivity index (χ1n) is 7.18. The van der Waals surface area contributed by atoms with Crippen molar-refractivity contribution in [1.29, 1.82) is 0 Å². The molecule has 3 N–H and O–H groups in total. The second-order valence-electron chi connectivity index (χ2n) is 6.51. The summed E-state index contributed by atoms with van der Waals surface area (Å²) in [6, 6.07) is 0.130. The van der Waals surface area contributed by atoms with Crippen LogP contribution in [-0.4, -0.2) is 18.5 Å². The van der Waals surface area contributed by atoms with Crippen LogP contribution in [0.2, 0.25) is 0 Å². The Morgan fingerprint density at radius 3 is 2.59 bits per heavy atom. The third kappa shape index (κ3) is 1.88. The molecule has 0 spiro atoms. The summed E-state index contributed by atoms with van der Waals surface area (Å²) in [7, 11) is 0. The third-order valence-corrected chi connectivity index (χ3v) is 5.63. The lowest BCUT2D eigenvalue weighted by Crippen LogP contribution is -2.46. The van der Waals surface area contributed by atoms with E-state index >= 15 is 0 Å². The van der Waals surface area contributed by atoms with Crippen molar-refractivity contribution in [3.05, 3.63) is 0 Å². The van der Waals surface area contributed by atoms with E-state index in [4.69, 9.17) is 5.73 Å². The third-order valence-electron chi connectivity index (χ3n) is 5.63. The smallest absolute Gasteiger partial charge is 0.224 e. The topological polar surface area (TPSA) is 55.1 Å². The second-order valence-corrected chi connectivity index (χ2v) is 6.51. The standard InChI is InChI=1S/C14H24N2O/c1-2-14(5-6-14)8-16-13(17)11-9-3-4-10(7-9)12(11)15/h9-12H,2-8,15H2,1H3,(H,16,17). The van der Waals surface area contributed by atoms with Gasteiger partial charge in [-0.15, -0.1) is 0 Å². The highest BCUT2D eigenvalue weighted by Gasteiger charge is 2.49. The van der Waals surface area contributed by atoms with Crippen LogP contribution in [0.15, 0.2) is 0 Å². The van der Waals surface area contributed by atoms with E-state index in [0.29, 0.717) is 17.3 Å². The zero-order chi connectivity index (χ0) is 12.0. The fraction of sp³-hybridized carbons (Fsp3) is 0.929. The molecule has 1 amide bonds. The molecule has 2 bridgehead atoms. The van der Waals surface area contributed by atoms with E-state index in [1.807, 2.05) is 0 Å². The van der Waals surface area contributed by atoms with Crippen molar-refractivity contribution in [2.75, 3.05) is 6.54 Å². The average molecular weight is 236 g/mol. The van der Waals surface area contributed by atoms with Gasteiger partial charge in [0.15, 0.2) is 0 Å². The van der Waals surface area contributed by atoms with Gasteiger partial charge in [0.05, 0.1) is 5.92 Å². The summed E-state index contributed by atoms with van der Waals surface area (Å²) in [5, 5.41) is 3.17. The van der Waals surface area contributed by atoms with Crippen LogP contribution in [0.4, 0.5) is 0 Å². The van der Waals surface area contributed by atoms with E-state index in [0.717, 1.165) is 6.54 Å². The Labute approximate surface area is 104 Å². The quantitative estimate of drug-likeness (QED) is 0.780. The van der Waals surface area contributed by atoms with Crippen LogP contribution in [0, 0.1) is 23.2 Å². The predicted molar refractivity (Wildman–Crippen MR) is 67.3 cm³/mol. The van der Waals surface area contributed by atoms with Crippen molar-refractivity contribution in [1.82, 2.24) is 5.32 Å². The Kier molecular flexibility index (Phi) is 2.69. The van der Waals surface area contributed by atoms with Crippen LogP contribution < -0.4 is 11.1 Å². The monoisotopic (exact) mass is 236 g/mol. The minimum atomic E-state index is 0.112. The van der Waals surface area contributed by atoms with Crippen molar-refractivity contribution in [3.63, 3.8) is 0 Å². The van der Waals surface area contributed by atoms with E-state index in [2.05, 4.69) is 12.2 Å². The van der Waals surface area contributed by atoms with Gasteiger partial charge in [0.2, 0.25) is 5.91 Å². The van der Waals surface area contributed by atoms with Crippen LogP contribution >= 0.6 is 0 Å². The van der Waals surface area contributed by atoms with Crippen molar-refractivity contribution in [2.45, 2.75) is 51.5 Å². The molecule has 3 nitrogen and oxygen atoms in total. The van der Waals surface area contributed by atoms with Crippen LogP contribution in [0.25, 0.3) is 0 Å². The minimum absolute atomic E-state index is 0.112. The molecule has 3 heteroatoms. The van der Waals surface area contributed by atoms with Crippen molar-refractivity contribution in [3.8, 4) is 0 Å². The Hall–Kier alpha value is -0.570. The molecule has 0 aliphatic heterocycles. The largest absolute Gasteiger partial charge is 0.355 e. The fourth-order valence-corrected chi connectivity index (χ4v) is 3.95. The number of amides is 1. The molecule has 96 valence electrons. The molecule has 17 heavy (non-hydrogen) atoms. The van der Waals surface area contributed by atoms with Gasteiger partial charge in [-0.2, -0.15) is 0 Å². The minimum Gasteiger partial charge on any atom is -0.355 e. The van der Waals surface area contributed by atoms with E-state index in [1.165, 1.54) is 38.5 Å². The fourth-order valence-electron chi connectivity index (χ4n) is 3.95. The summed E-state index contributed by atoms with van der Waals surface area (Å²) >= 11 is 0. The molecule has 4 unspecified atom stereocenters. The van der Waals surface area contributed by atoms with Gasteiger partial charge in [0.25, 0.3) is 0 Å². The normalized spacial score (nSPS) is 41.5. The van der Waals surface area contributed by atoms with Gasteiger partial charge in [-0.05, 0) is 55.8 Å². The van der Waals surface area contributed by atoms with Gasteiger partial charge >= 0.3 is 0 Å². The molecular formula is C14H24N2O. The molecule has 3 aliphatic rings. The van der Waals surface area contributed by atoms with Gasteiger partial charge in [0, 0.05) is 12.6 Å². The predicted octanol–water partition coefficient (Wildman–Crippen LogP) is 1.67. The average Bonchev–Trinajstić information content (AvgIpc) is 2.85. The maximum absolute atomic E-state index is 12.2. The van der Waals surface area contributed by atoms with Crippen molar-refractivity contribution >= 4 is 5.91 Å². The summed E-state index contributed by atoms with van der Waals surface area (Å²) in [5.74, 6) is 1.55. The molecule has 3 fully saturated rings. The molecule has 3 rings (SSSR count). The maximum Gasteiger partial charge on any atom is 0.224 e. The second kappa shape index (κ2) is 3.98. The summed E-state index contributed by atoms with van der Waals surface area (Å²) in [4.78, 5) is 12.2. The molecular weight excluding hydrogens is 212 g/mol. The Morgan fingerprint density at radius 2 is 2.06 bits per heavy atom. The van der Waals surface area contributed by atoms with E-state index in [-0.39, 0.29) is 17.9 Å².